The average Bonchev–Trinajstić information content (AvgIpc) is 3.19. The van der Waals surface area contributed by atoms with Crippen LogP contribution in [0.1, 0.15) is 24.1 Å². The highest BCUT2D eigenvalue weighted by Gasteiger charge is 2.35. The van der Waals surface area contributed by atoms with Gasteiger partial charge in [0.05, 0.1) is 6.61 Å². The van der Waals surface area contributed by atoms with Crippen molar-refractivity contribution < 1.29 is 9.50 Å². The summed E-state index contributed by atoms with van der Waals surface area (Å²) >= 11 is 0. The minimum atomic E-state index is -0.226. The highest BCUT2D eigenvalue weighted by atomic mass is 19.1. The third-order valence-electron chi connectivity index (χ3n) is 5.55. The van der Waals surface area contributed by atoms with Crippen molar-refractivity contribution >= 4 is 0 Å². The van der Waals surface area contributed by atoms with Crippen LogP contribution >= 0.6 is 0 Å². The smallest absolute Gasteiger partial charge is 0.233 e. The van der Waals surface area contributed by atoms with Crippen molar-refractivity contribution in [1.82, 2.24) is 19.4 Å². The van der Waals surface area contributed by atoms with Gasteiger partial charge in [0.25, 0.3) is 0 Å². The van der Waals surface area contributed by atoms with Crippen molar-refractivity contribution in [2.24, 2.45) is 5.41 Å². The first kappa shape index (κ1) is 18.8. The van der Waals surface area contributed by atoms with Gasteiger partial charge in [0, 0.05) is 42.8 Å². The molecule has 1 saturated heterocycles. The summed E-state index contributed by atoms with van der Waals surface area (Å²) in [7, 11) is 0. The van der Waals surface area contributed by atoms with E-state index in [9.17, 15) is 9.50 Å². The molecule has 0 amide bonds. The first-order chi connectivity index (χ1) is 13.7. The zero-order chi connectivity index (χ0) is 19.4. The van der Waals surface area contributed by atoms with Gasteiger partial charge in [0.15, 0.2) is 0 Å². The number of aliphatic hydroxyl groups excluding tert-OH is 1. The summed E-state index contributed by atoms with van der Waals surface area (Å²) in [5, 5.41) is 10.2. The van der Waals surface area contributed by atoms with Crippen LogP contribution in [0.5, 0.6) is 0 Å². The van der Waals surface area contributed by atoms with Crippen LogP contribution in [0.25, 0.3) is 5.95 Å². The van der Waals surface area contributed by atoms with Crippen LogP contribution in [-0.4, -0.2) is 44.2 Å². The van der Waals surface area contributed by atoms with Crippen molar-refractivity contribution in [3.63, 3.8) is 0 Å². The quantitative estimate of drug-likeness (QED) is 0.713. The van der Waals surface area contributed by atoms with E-state index in [4.69, 9.17) is 0 Å². The van der Waals surface area contributed by atoms with Crippen LogP contribution in [0, 0.1) is 11.2 Å². The van der Waals surface area contributed by atoms with Crippen LogP contribution in [-0.2, 0) is 13.0 Å². The molecule has 6 heteroatoms. The number of benzene rings is 1. The lowest BCUT2D eigenvalue weighted by atomic mass is 9.75. The van der Waals surface area contributed by atoms with Gasteiger partial charge in [-0.15, -0.1) is 0 Å². The Labute approximate surface area is 164 Å². The summed E-state index contributed by atoms with van der Waals surface area (Å²) in [6, 6.07) is 12.5. The molecular formula is C22H25FN4O. The Morgan fingerprint density at radius 2 is 1.86 bits per heavy atom. The molecule has 0 radical (unpaired) electrons. The van der Waals surface area contributed by atoms with Gasteiger partial charge in [-0.25, -0.2) is 14.4 Å². The van der Waals surface area contributed by atoms with Crippen molar-refractivity contribution in [3.05, 3.63) is 78.1 Å². The van der Waals surface area contributed by atoms with E-state index >= 15 is 0 Å². The van der Waals surface area contributed by atoms with E-state index in [0.29, 0.717) is 5.95 Å². The third-order valence-corrected chi connectivity index (χ3v) is 5.55. The second-order valence-electron chi connectivity index (χ2n) is 7.69. The van der Waals surface area contributed by atoms with E-state index in [1.54, 1.807) is 12.4 Å². The Morgan fingerprint density at radius 1 is 1.07 bits per heavy atom. The van der Waals surface area contributed by atoms with E-state index in [-0.39, 0.29) is 17.8 Å². The monoisotopic (exact) mass is 380 g/mol. The van der Waals surface area contributed by atoms with Gasteiger partial charge >= 0.3 is 0 Å². The lowest BCUT2D eigenvalue weighted by Crippen LogP contribution is -2.46. The molecule has 0 spiro atoms. The van der Waals surface area contributed by atoms with E-state index < -0.39 is 0 Å². The standard InChI is InChI=1S/C22H25FN4O/c23-19-7-5-18(6-8-19)14-22(17-28)9-2-12-26(16-22)15-20-4-1-13-27(20)21-24-10-3-11-25-21/h1,3-8,10-11,13,28H,2,9,12,14-17H2. The first-order valence-corrected chi connectivity index (χ1v) is 9.69. The molecule has 0 bridgehead atoms. The molecule has 2 aromatic heterocycles. The molecule has 1 unspecified atom stereocenters. The fourth-order valence-corrected chi connectivity index (χ4v) is 4.19. The van der Waals surface area contributed by atoms with E-state index in [2.05, 4.69) is 20.9 Å². The van der Waals surface area contributed by atoms with Crippen LogP contribution < -0.4 is 0 Å². The molecule has 1 fully saturated rings. The highest BCUT2D eigenvalue weighted by molar-refractivity contribution is 5.21. The first-order valence-electron chi connectivity index (χ1n) is 9.69. The fraction of sp³-hybridized carbons (Fsp3) is 0.364. The Hall–Kier alpha value is -2.57. The second-order valence-corrected chi connectivity index (χ2v) is 7.69. The number of rotatable bonds is 6. The molecule has 146 valence electrons. The summed E-state index contributed by atoms with van der Waals surface area (Å²) in [4.78, 5) is 11.1. The van der Waals surface area contributed by atoms with Gasteiger partial charge in [0.1, 0.15) is 5.82 Å². The van der Waals surface area contributed by atoms with E-state index in [1.165, 1.54) is 12.1 Å². The third kappa shape index (κ3) is 4.13. The van der Waals surface area contributed by atoms with E-state index in [1.807, 2.05) is 35.0 Å². The van der Waals surface area contributed by atoms with Crippen molar-refractivity contribution in [1.29, 1.82) is 0 Å². The molecule has 3 aromatic rings. The predicted octanol–water partition coefficient (Wildman–Crippen LogP) is 3.22. The number of aromatic nitrogens is 3. The molecule has 1 aliphatic rings. The number of likely N-dealkylation sites (tertiary alicyclic amines) is 1. The summed E-state index contributed by atoms with van der Waals surface area (Å²) in [6.07, 6.45) is 8.22. The van der Waals surface area contributed by atoms with Gasteiger partial charge in [0.2, 0.25) is 5.95 Å². The molecule has 0 saturated carbocycles. The molecule has 5 nitrogen and oxygen atoms in total. The molecule has 28 heavy (non-hydrogen) atoms. The van der Waals surface area contributed by atoms with Crippen molar-refractivity contribution in [2.75, 3.05) is 19.7 Å². The molecule has 1 N–H and O–H groups in total. The fourth-order valence-electron chi connectivity index (χ4n) is 4.19. The minimum absolute atomic E-state index is 0.129. The Bertz CT molecular complexity index is 896. The molecule has 4 rings (SSSR count). The molecule has 1 aliphatic heterocycles. The molecule has 0 aliphatic carbocycles. The van der Waals surface area contributed by atoms with Crippen LogP contribution in [0.15, 0.2) is 61.1 Å². The minimum Gasteiger partial charge on any atom is -0.396 e. The number of halogens is 1. The maximum atomic E-state index is 13.2. The summed E-state index contributed by atoms with van der Waals surface area (Å²) in [5.74, 6) is 0.440. The summed E-state index contributed by atoms with van der Waals surface area (Å²) in [6.45, 7) is 2.70. The maximum Gasteiger partial charge on any atom is 0.233 e. The SMILES string of the molecule is OCC1(Cc2ccc(F)cc2)CCCN(Cc2cccn2-c2ncccn2)C1. The predicted molar refractivity (Wildman–Crippen MR) is 105 cm³/mol. The largest absolute Gasteiger partial charge is 0.396 e. The van der Waals surface area contributed by atoms with Gasteiger partial charge in [-0.3, -0.25) is 9.47 Å². The van der Waals surface area contributed by atoms with Gasteiger partial charge in [-0.2, -0.15) is 0 Å². The lowest BCUT2D eigenvalue weighted by molar-refractivity contribution is 0.0281. The number of aliphatic hydroxyl groups is 1. The van der Waals surface area contributed by atoms with Gasteiger partial charge < -0.3 is 5.11 Å². The number of hydrogen-bond acceptors (Lipinski definition) is 4. The van der Waals surface area contributed by atoms with Crippen LogP contribution in [0.4, 0.5) is 4.39 Å². The normalized spacial score (nSPS) is 20.4. The summed E-state index contributed by atoms with van der Waals surface area (Å²) < 4.78 is 15.2. The van der Waals surface area contributed by atoms with Crippen molar-refractivity contribution in [3.8, 4) is 5.95 Å². The number of nitrogens with zero attached hydrogens (tertiary/aromatic N) is 4. The Balaban J connectivity index is 1.49. The summed E-state index contributed by atoms with van der Waals surface area (Å²) in [5.41, 5.74) is 2.00. The topological polar surface area (TPSA) is 54.2 Å². The Morgan fingerprint density at radius 3 is 2.61 bits per heavy atom. The average molecular weight is 380 g/mol. The number of piperidine rings is 1. The van der Waals surface area contributed by atoms with E-state index in [0.717, 1.165) is 50.2 Å². The molecular weight excluding hydrogens is 355 g/mol. The number of hydrogen-bond donors (Lipinski definition) is 1. The molecule has 1 aromatic carbocycles. The molecule has 3 heterocycles. The van der Waals surface area contributed by atoms with Crippen LogP contribution in [0.3, 0.4) is 0 Å². The van der Waals surface area contributed by atoms with Gasteiger partial charge in [-0.1, -0.05) is 12.1 Å². The van der Waals surface area contributed by atoms with Crippen LogP contribution in [0.2, 0.25) is 0 Å². The van der Waals surface area contributed by atoms with Gasteiger partial charge in [-0.05, 0) is 61.7 Å². The van der Waals surface area contributed by atoms with Crippen molar-refractivity contribution in [2.45, 2.75) is 25.8 Å². The zero-order valence-corrected chi connectivity index (χ0v) is 15.8. The molecule has 1 atom stereocenters. The Kier molecular flexibility index (Phi) is 5.50. The maximum absolute atomic E-state index is 13.2. The lowest BCUT2D eigenvalue weighted by Gasteiger charge is -2.42. The second kappa shape index (κ2) is 8.20. The highest BCUT2D eigenvalue weighted by Crippen LogP contribution is 2.34. The zero-order valence-electron chi connectivity index (χ0n) is 15.8.